The maximum atomic E-state index is 11.8. The molecule has 6 aromatic rings. The van der Waals surface area contributed by atoms with E-state index in [0.29, 0.717) is 65.3 Å². The number of fused-ring (bicyclic) bond motifs is 2. The average molecular weight is 737 g/mol. The summed E-state index contributed by atoms with van der Waals surface area (Å²) < 4.78 is 23.0. The first-order valence-corrected chi connectivity index (χ1v) is 17.9. The van der Waals surface area contributed by atoms with Crippen LogP contribution in [0.1, 0.15) is 66.7 Å². The van der Waals surface area contributed by atoms with E-state index in [9.17, 15) is 15.5 Å². The zero-order valence-electron chi connectivity index (χ0n) is 29.0. The number of halogens is 1. The van der Waals surface area contributed by atoms with Crippen molar-refractivity contribution >= 4 is 17.3 Å². The number of aliphatic hydroxyl groups excluding tert-OH is 1. The van der Waals surface area contributed by atoms with Crippen molar-refractivity contribution in [1.82, 2.24) is 20.3 Å². The summed E-state index contributed by atoms with van der Waals surface area (Å²) in [5.41, 5.74) is 14.1. The molecule has 0 aliphatic heterocycles. The second-order valence-corrected chi connectivity index (χ2v) is 13.7. The highest BCUT2D eigenvalue weighted by Gasteiger charge is 2.30. The highest BCUT2D eigenvalue weighted by molar-refractivity contribution is 6.32. The molecule has 2 heterocycles. The number of nitrogens with two attached hydrogens (primary N) is 1. The van der Waals surface area contributed by atoms with E-state index in [1.807, 2.05) is 37.3 Å². The lowest BCUT2D eigenvalue weighted by molar-refractivity contribution is -0.991. The van der Waals surface area contributed by atoms with E-state index < -0.39 is 11.3 Å². The van der Waals surface area contributed by atoms with Crippen LogP contribution in [-0.4, -0.2) is 43.3 Å². The molecule has 4 aromatic carbocycles. The molecule has 272 valence electrons. The van der Waals surface area contributed by atoms with E-state index in [1.54, 1.807) is 31.2 Å². The van der Waals surface area contributed by atoms with Gasteiger partial charge in [-0.05, 0) is 97.7 Å². The maximum absolute atomic E-state index is 11.8. The molecule has 0 radical (unpaired) electrons. The van der Waals surface area contributed by atoms with Crippen molar-refractivity contribution in [2.24, 2.45) is 5.73 Å². The zero-order valence-corrected chi connectivity index (χ0v) is 29.8. The van der Waals surface area contributed by atoms with Crippen molar-refractivity contribution in [2.75, 3.05) is 6.61 Å². The number of aliphatic hydroxyl groups is 1. The van der Waals surface area contributed by atoms with Crippen LogP contribution in [0.15, 0.2) is 75.8 Å². The minimum Gasteiger partial charge on any atom is -0.595 e. The maximum Gasteiger partial charge on any atom is 0.258 e. The van der Waals surface area contributed by atoms with Gasteiger partial charge < -0.3 is 34.6 Å². The van der Waals surface area contributed by atoms with E-state index in [4.69, 9.17) is 35.9 Å². The summed E-state index contributed by atoms with van der Waals surface area (Å²) in [5, 5.41) is 40.3. The summed E-state index contributed by atoms with van der Waals surface area (Å²) in [5.74, 6) is 2.16. The summed E-state index contributed by atoms with van der Waals surface area (Å²) in [6.45, 7) is 4.07. The molecule has 53 heavy (non-hydrogen) atoms. The minimum atomic E-state index is -1.12. The number of benzene rings is 4. The Balaban J connectivity index is 0.982. The molecule has 0 saturated heterocycles. The topological polar surface area (TPSA) is 190 Å². The molecule has 2 aliphatic carbocycles. The molecule has 0 fully saturated rings. The summed E-state index contributed by atoms with van der Waals surface area (Å²) >= 11 is 6.71. The van der Waals surface area contributed by atoms with Gasteiger partial charge in [-0.1, -0.05) is 52.2 Å². The lowest BCUT2D eigenvalue weighted by Gasteiger charge is -2.19. The van der Waals surface area contributed by atoms with Gasteiger partial charge in [-0.3, -0.25) is 0 Å². The minimum absolute atomic E-state index is 0.00367. The Morgan fingerprint density at radius 1 is 0.925 bits per heavy atom. The molecule has 2 aliphatic rings. The largest absolute Gasteiger partial charge is 0.595 e. The van der Waals surface area contributed by atoms with Gasteiger partial charge in [0.2, 0.25) is 17.3 Å². The van der Waals surface area contributed by atoms with Crippen LogP contribution in [-0.2, 0) is 19.3 Å². The zero-order chi connectivity index (χ0) is 36.8. The fourth-order valence-electron chi connectivity index (χ4n) is 7.42. The molecule has 8 rings (SSSR count). The van der Waals surface area contributed by atoms with Gasteiger partial charge in [0.25, 0.3) is 11.8 Å². The van der Waals surface area contributed by atoms with Crippen molar-refractivity contribution in [1.29, 1.82) is 0 Å². The van der Waals surface area contributed by atoms with Gasteiger partial charge in [-0.25, -0.2) is 5.21 Å². The summed E-state index contributed by atoms with van der Waals surface area (Å²) in [7, 11) is 0. The van der Waals surface area contributed by atoms with Crippen LogP contribution >= 0.6 is 11.6 Å². The fourth-order valence-corrected chi connectivity index (χ4v) is 7.64. The van der Waals surface area contributed by atoms with E-state index >= 15 is 0 Å². The van der Waals surface area contributed by atoms with Gasteiger partial charge in [0.05, 0.1) is 17.7 Å². The van der Waals surface area contributed by atoms with Crippen molar-refractivity contribution < 1.29 is 34.1 Å². The molecule has 4 atom stereocenters. The van der Waals surface area contributed by atoms with Gasteiger partial charge in [-0.2, -0.15) is 15.2 Å². The van der Waals surface area contributed by atoms with Crippen LogP contribution in [0.4, 0.5) is 5.69 Å². The van der Waals surface area contributed by atoms with Gasteiger partial charge in [-0.15, -0.1) is 0 Å². The van der Waals surface area contributed by atoms with Gasteiger partial charge in [0.15, 0.2) is 5.75 Å². The molecule has 0 amide bonds. The number of nitrogens with one attached hydrogen (secondary N) is 1. The Morgan fingerprint density at radius 2 is 1.60 bits per heavy atom. The Morgan fingerprint density at radius 3 is 2.30 bits per heavy atom. The second kappa shape index (κ2) is 14.3. The van der Waals surface area contributed by atoms with Crippen LogP contribution in [0.3, 0.4) is 0 Å². The predicted octanol–water partition coefficient (Wildman–Crippen LogP) is 6.51. The molecule has 2 unspecified atom stereocenters. The molecule has 14 heteroatoms. The predicted molar refractivity (Wildman–Crippen MR) is 195 cm³/mol. The molecular weight excluding hydrogens is 700 g/mol. The monoisotopic (exact) mass is 736 g/mol. The molecule has 2 aromatic heterocycles. The number of rotatable bonds is 11. The number of quaternary nitrogens is 1. The van der Waals surface area contributed by atoms with Crippen LogP contribution in [0.2, 0.25) is 5.02 Å². The fraction of sp³-hybridized carbons (Fsp3) is 0.282. The van der Waals surface area contributed by atoms with Crippen LogP contribution < -0.4 is 20.4 Å². The SMILES string of the molecule is CCOc1ccc(-c2nc(-c3ccc(CC(C)Oc4ccc(-c5nc(-c6cccc7c6CC[C@@H]7N)no5)cc4Cl)c4c3CC[C@H]4O)no2)cc1[NH+]([O-])O. The first-order chi connectivity index (χ1) is 25.7. The lowest BCUT2D eigenvalue weighted by atomic mass is 9.94. The summed E-state index contributed by atoms with van der Waals surface area (Å²) in [6, 6.07) is 20.0. The highest BCUT2D eigenvalue weighted by Crippen LogP contribution is 2.41. The van der Waals surface area contributed by atoms with Crippen LogP contribution in [0, 0.1) is 5.21 Å². The molecule has 0 saturated carbocycles. The second-order valence-electron chi connectivity index (χ2n) is 13.3. The van der Waals surface area contributed by atoms with E-state index in [2.05, 4.69) is 26.3 Å². The Hall–Kier alpha value is -5.15. The van der Waals surface area contributed by atoms with E-state index in [0.717, 1.165) is 51.8 Å². The van der Waals surface area contributed by atoms with E-state index in [1.165, 1.54) is 6.07 Å². The molecule has 5 N–H and O–H groups in total. The van der Waals surface area contributed by atoms with E-state index in [-0.39, 0.29) is 29.5 Å². The molecule has 13 nitrogen and oxygen atoms in total. The molecular formula is C39H37ClN6O7. The first-order valence-electron chi connectivity index (χ1n) is 17.5. The quantitative estimate of drug-likeness (QED) is 0.106. The number of aromatic nitrogens is 4. The van der Waals surface area contributed by atoms with Crippen LogP contribution in [0.25, 0.3) is 45.7 Å². The van der Waals surface area contributed by atoms with Gasteiger partial charge >= 0.3 is 0 Å². The van der Waals surface area contributed by atoms with Crippen molar-refractivity contribution in [2.45, 2.75) is 64.2 Å². The number of ether oxygens (including phenoxy) is 2. The number of hydrogen-bond donors (Lipinski definition) is 4. The third-order valence-electron chi connectivity index (χ3n) is 9.87. The highest BCUT2D eigenvalue weighted by atomic mass is 35.5. The Bertz CT molecular complexity index is 2310. The van der Waals surface area contributed by atoms with Gasteiger partial charge in [0, 0.05) is 40.8 Å². The average Bonchev–Trinajstić information content (AvgIpc) is 3.97. The van der Waals surface area contributed by atoms with Crippen LogP contribution in [0.5, 0.6) is 11.5 Å². The number of nitrogens with zero attached hydrogens (tertiary/aromatic N) is 4. The standard InChI is InChI=1S/C39H37ClN6O7/c1-3-50-34-16-9-23(19-31(34)46(48)49)39-43-37(45-53-39)28-10-7-21(35-26(28)12-14-32(35)47)17-20(2)51-33-15-8-22(18-29(33)40)38-42-36(44-52-38)27-6-4-5-25-24(27)11-13-30(25)41/h4-10,15-16,18-20,30,32,46-48H,3,11-14,17,41H2,1-2H3/t20?,30-,32+/m0/s1. The molecule has 0 spiro atoms. The third-order valence-corrected chi connectivity index (χ3v) is 10.2. The number of hydrogen-bond acceptors (Lipinski definition) is 12. The first kappa shape index (κ1) is 34.9. The Labute approximate surface area is 309 Å². The Kier molecular flexibility index (Phi) is 9.45. The van der Waals surface area contributed by atoms with Crippen molar-refractivity contribution in [3.05, 3.63) is 105 Å². The van der Waals surface area contributed by atoms with Gasteiger partial charge in [0.1, 0.15) is 11.9 Å². The summed E-state index contributed by atoms with van der Waals surface area (Å²) in [6.07, 6.45) is 2.54. The molecule has 0 bridgehead atoms. The van der Waals surface area contributed by atoms with Crippen molar-refractivity contribution in [3.63, 3.8) is 0 Å². The lowest BCUT2D eigenvalue weighted by Crippen LogP contribution is -2.99. The normalized spacial score (nSPS) is 17.4. The summed E-state index contributed by atoms with van der Waals surface area (Å²) in [4.78, 5) is 9.26. The smallest absolute Gasteiger partial charge is 0.258 e. The van der Waals surface area contributed by atoms with Crippen molar-refractivity contribution in [3.8, 4) is 57.2 Å². The third kappa shape index (κ3) is 6.67.